The Balaban J connectivity index is 0.00000192. The Morgan fingerprint density at radius 1 is 1.35 bits per heavy atom. The van der Waals surface area contributed by atoms with Gasteiger partial charge in [-0.25, -0.2) is 0 Å². The third-order valence-electron chi connectivity index (χ3n) is 4.02. The summed E-state index contributed by atoms with van der Waals surface area (Å²) in [6, 6.07) is 11.9. The van der Waals surface area contributed by atoms with Gasteiger partial charge >= 0.3 is 0 Å². The fourth-order valence-corrected chi connectivity index (χ4v) is 3.38. The van der Waals surface area contributed by atoms with Crippen molar-refractivity contribution in [3.05, 3.63) is 63.9 Å². The molecule has 1 saturated heterocycles. The first-order valence-corrected chi connectivity index (χ1v) is 8.20. The van der Waals surface area contributed by atoms with Gasteiger partial charge in [0.2, 0.25) is 0 Å². The maximum Gasteiger partial charge on any atom is 0.254 e. The van der Waals surface area contributed by atoms with E-state index in [2.05, 4.69) is 33.0 Å². The number of nitrogens with two attached hydrogens (primary N) is 1. The number of amides is 1. The molecule has 1 aliphatic heterocycles. The lowest BCUT2D eigenvalue weighted by molar-refractivity contribution is 0.0735. The molecule has 0 aliphatic carbocycles. The van der Waals surface area contributed by atoms with E-state index < -0.39 is 0 Å². The largest absolute Gasteiger partial charge is 0.332 e. The van der Waals surface area contributed by atoms with Crippen molar-refractivity contribution >= 4 is 34.2 Å². The van der Waals surface area contributed by atoms with E-state index >= 15 is 0 Å². The topological polar surface area (TPSA) is 59.2 Å². The van der Waals surface area contributed by atoms with Gasteiger partial charge in [0.15, 0.2) is 0 Å². The van der Waals surface area contributed by atoms with Crippen LogP contribution in [0.15, 0.2) is 47.1 Å². The molecule has 0 spiro atoms. The Hall–Kier alpha value is -1.43. The smallest absolute Gasteiger partial charge is 0.254 e. The van der Waals surface area contributed by atoms with Crippen LogP contribution in [0.5, 0.6) is 0 Å². The van der Waals surface area contributed by atoms with Crippen LogP contribution in [-0.4, -0.2) is 22.3 Å². The lowest BCUT2D eigenvalue weighted by atomic mass is 10.0. The second kappa shape index (κ2) is 7.90. The highest BCUT2D eigenvalue weighted by atomic mass is 79.9. The van der Waals surface area contributed by atoms with E-state index in [4.69, 9.17) is 5.73 Å². The molecule has 1 aliphatic rings. The highest BCUT2D eigenvalue weighted by Crippen LogP contribution is 2.34. The number of pyridine rings is 1. The van der Waals surface area contributed by atoms with Gasteiger partial charge in [-0.2, -0.15) is 0 Å². The van der Waals surface area contributed by atoms with E-state index in [1.54, 1.807) is 18.3 Å². The van der Waals surface area contributed by atoms with Crippen LogP contribution in [0.25, 0.3) is 0 Å². The minimum atomic E-state index is 0. The molecule has 0 radical (unpaired) electrons. The van der Waals surface area contributed by atoms with Crippen molar-refractivity contribution in [2.45, 2.75) is 25.4 Å². The first-order chi connectivity index (χ1) is 10.7. The van der Waals surface area contributed by atoms with E-state index in [1.807, 2.05) is 17.0 Å². The molecule has 2 N–H and O–H groups in total. The Labute approximate surface area is 150 Å². The van der Waals surface area contributed by atoms with Crippen molar-refractivity contribution in [2.24, 2.45) is 5.73 Å². The average Bonchev–Trinajstić information content (AvgIpc) is 3.04. The third-order valence-corrected chi connectivity index (χ3v) is 4.51. The van der Waals surface area contributed by atoms with Crippen molar-refractivity contribution in [3.63, 3.8) is 0 Å². The third kappa shape index (κ3) is 3.91. The van der Waals surface area contributed by atoms with Crippen LogP contribution in [0.1, 0.15) is 40.5 Å². The molecule has 1 fully saturated rings. The number of hydrogen-bond acceptors (Lipinski definition) is 3. The minimum absolute atomic E-state index is 0. The van der Waals surface area contributed by atoms with Gasteiger partial charge in [-0.15, -0.1) is 12.4 Å². The quantitative estimate of drug-likeness (QED) is 0.860. The van der Waals surface area contributed by atoms with E-state index in [1.165, 1.54) is 5.56 Å². The highest BCUT2D eigenvalue weighted by Gasteiger charge is 2.30. The number of hydrogen-bond donors (Lipinski definition) is 1. The van der Waals surface area contributed by atoms with E-state index in [-0.39, 0.29) is 24.4 Å². The molecule has 2 aromatic rings. The number of benzene rings is 1. The fourth-order valence-electron chi connectivity index (χ4n) is 2.96. The summed E-state index contributed by atoms with van der Waals surface area (Å²) in [5, 5.41) is 0. The van der Waals surface area contributed by atoms with E-state index in [9.17, 15) is 4.79 Å². The van der Waals surface area contributed by atoms with Gasteiger partial charge in [0, 0.05) is 29.3 Å². The fraction of sp³-hybridized carbons (Fsp3) is 0.294. The summed E-state index contributed by atoms with van der Waals surface area (Å²) in [5.74, 6) is 0.0552. The molecule has 1 unspecified atom stereocenters. The summed E-state index contributed by atoms with van der Waals surface area (Å²) in [7, 11) is 0. The van der Waals surface area contributed by atoms with E-state index in [0.29, 0.717) is 12.1 Å². The second-order valence-electron chi connectivity index (χ2n) is 5.45. The van der Waals surface area contributed by atoms with Crippen LogP contribution in [0.4, 0.5) is 0 Å². The van der Waals surface area contributed by atoms with E-state index in [0.717, 1.165) is 29.6 Å². The molecule has 1 aromatic carbocycles. The van der Waals surface area contributed by atoms with Gasteiger partial charge in [0.1, 0.15) is 0 Å². The van der Waals surface area contributed by atoms with Crippen molar-refractivity contribution in [1.29, 1.82) is 0 Å². The molecular formula is C17H19BrClN3O. The summed E-state index contributed by atoms with van der Waals surface area (Å²) < 4.78 is 1.04. The number of rotatable bonds is 3. The molecule has 122 valence electrons. The van der Waals surface area contributed by atoms with Crippen LogP contribution in [0.3, 0.4) is 0 Å². The van der Waals surface area contributed by atoms with Crippen molar-refractivity contribution in [1.82, 2.24) is 9.88 Å². The predicted octanol–water partition coefficient (Wildman–Crippen LogP) is 3.70. The van der Waals surface area contributed by atoms with Crippen LogP contribution in [0, 0.1) is 0 Å². The summed E-state index contributed by atoms with van der Waals surface area (Å²) in [6.07, 6.45) is 3.67. The lowest BCUT2D eigenvalue weighted by Crippen LogP contribution is -2.30. The summed E-state index contributed by atoms with van der Waals surface area (Å²) >= 11 is 3.50. The van der Waals surface area contributed by atoms with Crippen LogP contribution >= 0.6 is 28.3 Å². The molecule has 4 nitrogen and oxygen atoms in total. The SMILES string of the molecule is Cl.NCc1cc(C(=O)N2CCCC2c2cccc(Br)c2)ccn1. The monoisotopic (exact) mass is 395 g/mol. The summed E-state index contributed by atoms with van der Waals surface area (Å²) in [6.45, 7) is 1.13. The number of aromatic nitrogens is 1. The number of likely N-dealkylation sites (tertiary alicyclic amines) is 1. The highest BCUT2D eigenvalue weighted by molar-refractivity contribution is 9.10. The van der Waals surface area contributed by atoms with Gasteiger partial charge in [-0.3, -0.25) is 9.78 Å². The molecule has 1 atom stereocenters. The van der Waals surface area contributed by atoms with Gasteiger partial charge in [-0.05, 0) is 42.7 Å². The zero-order valence-electron chi connectivity index (χ0n) is 12.6. The first-order valence-electron chi connectivity index (χ1n) is 7.40. The Bertz CT molecular complexity index is 695. The molecular weight excluding hydrogens is 378 g/mol. The molecule has 0 saturated carbocycles. The van der Waals surface area contributed by atoms with Crippen molar-refractivity contribution in [2.75, 3.05) is 6.54 Å². The van der Waals surface area contributed by atoms with Crippen molar-refractivity contribution < 1.29 is 4.79 Å². The zero-order valence-corrected chi connectivity index (χ0v) is 15.0. The zero-order chi connectivity index (χ0) is 15.5. The normalized spacial score (nSPS) is 17.0. The molecule has 6 heteroatoms. The van der Waals surface area contributed by atoms with Gasteiger partial charge in [0.25, 0.3) is 5.91 Å². The van der Waals surface area contributed by atoms with Gasteiger partial charge < -0.3 is 10.6 Å². The molecule has 2 heterocycles. The van der Waals surface area contributed by atoms with Gasteiger partial charge in [0.05, 0.1) is 11.7 Å². The summed E-state index contributed by atoms with van der Waals surface area (Å²) in [5.41, 5.74) is 8.19. The average molecular weight is 397 g/mol. The Kier molecular flexibility index (Phi) is 6.16. The minimum Gasteiger partial charge on any atom is -0.332 e. The maximum absolute atomic E-state index is 12.8. The number of carbonyl (C=O) groups excluding carboxylic acids is 1. The van der Waals surface area contributed by atoms with Crippen LogP contribution in [-0.2, 0) is 6.54 Å². The lowest BCUT2D eigenvalue weighted by Gasteiger charge is -2.25. The number of nitrogens with zero attached hydrogens (tertiary/aromatic N) is 2. The molecule has 1 aromatic heterocycles. The van der Waals surface area contributed by atoms with Crippen LogP contribution < -0.4 is 5.73 Å². The van der Waals surface area contributed by atoms with Crippen molar-refractivity contribution in [3.8, 4) is 0 Å². The number of carbonyl (C=O) groups is 1. The Morgan fingerprint density at radius 3 is 2.91 bits per heavy atom. The van der Waals surface area contributed by atoms with Gasteiger partial charge in [-0.1, -0.05) is 28.1 Å². The standard InChI is InChI=1S/C17H18BrN3O.ClH/c18-14-4-1-3-12(9-14)16-5-2-8-21(16)17(22)13-6-7-20-15(10-13)11-19;/h1,3-4,6-7,9-10,16H,2,5,8,11,19H2;1H. The number of halogens is 2. The van der Waals surface area contributed by atoms with Crippen LogP contribution in [0.2, 0.25) is 0 Å². The Morgan fingerprint density at radius 2 is 2.17 bits per heavy atom. The molecule has 0 bridgehead atoms. The predicted molar refractivity (Wildman–Crippen MR) is 96.5 cm³/mol. The first kappa shape index (κ1) is 17.9. The maximum atomic E-state index is 12.8. The molecule has 3 rings (SSSR count). The second-order valence-corrected chi connectivity index (χ2v) is 6.37. The molecule has 23 heavy (non-hydrogen) atoms. The molecule has 1 amide bonds. The summed E-state index contributed by atoms with van der Waals surface area (Å²) in [4.78, 5) is 18.9.